The lowest BCUT2D eigenvalue weighted by molar-refractivity contribution is -0.125. The smallest absolute Gasteiger partial charge is 0.287 e. The monoisotopic (exact) mass is 379 g/mol. The number of furan rings is 1. The molecule has 6 nitrogen and oxygen atoms in total. The Kier molecular flexibility index (Phi) is 7.78. The molecule has 0 aliphatic carbocycles. The van der Waals surface area contributed by atoms with E-state index in [0.29, 0.717) is 31.8 Å². The van der Waals surface area contributed by atoms with Crippen LogP contribution in [0.5, 0.6) is 0 Å². The Morgan fingerprint density at radius 3 is 2.81 bits per heavy atom. The molecule has 2 atom stereocenters. The number of hydrogen-bond acceptors (Lipinski definition) is 5. The van der Waals surface area contributed by atoms with Crippen molar-refractivity contribution in [3.05, 3.63) is 35.3 Å². The number of nitrogens with one attached hydrogen (secondary N) is 2. The van der Waals surface area contributed by atoms with Crippen molar-refractivity contribution < 1.29 is 14.0 Å². The van der Waals surface area contributed by atoms with E-state index in [1.807, 2.05) is 33.1 Å². The normalized spacial score (nSPS) is 20.0. The molecule has 0 saturated carbocycles. The molecule has 2 N–H and O–H groups in total. The minimum Gasteiger partial charge on any atom is -0.455 e. The van der Waals surface area contributed by atoms with Gasteiger partial charge in [-0.15, -0.1) is 0 Å². The van der Waals surface area contributed by atoms with E-state index in [0.717, 1.165) is 11.5 Å². The van der Waals surface area contributed by atoms with Crippen LogP contribution in [-0.4, -0.2) is 54.7 Å². The Hall–Kier alpha value is -1.73. The molecule has 1 aliphatic rings. The number of carbonyl (C=O) groups excluding carboxylic acids is 2. The van der Waals surface area contributed by atoms with Crippen LogP contribution in [0.4, 0.5) is 0 Å². The van der Waals surface area contributed by atoms with Crippen LogP contribution in [0, 0.1) is 0 Å². The standard InChI is InChI=1S/C19H29N3O3S/c1-5-20-18(23)16-10-14(11-22(16)9-8-13(2)3)21-19(24)17-7-6-15(25-17)12-26-4/h6-8,14,16H,5,9-12H2,1-4H3,(H,20,23)(H,21,24)/t14-,16+/m1/s1. The van der Waals surface area contributed by atoms with Crippen LogP contribution in [0.1, 0.15) is 43.5 Å². The van der Waals surface area contributed by atoms with Gasteiger partial charge in [-0.1, -0.05) is 11.6 Å². The zero-order valence-corrected chi connectivity index (χ0v) is 16.8. The minimum atomic E-state index is -0.223. The summed E-state index contributed by atoms with van der Waals surface area (Å²) in [5, 5.41) is 5.91. The first-order chi connectivity index (χ1) is 12.4. The van der Waals surface area contributed by atoms with Crippen molar-refractivity contribution in [3.63, 3.8) is 0 Å². The molecule has 2 amide bonds. The second kappa shape index (κ2) is 9.83. The van der Waals surface area contributed by atoms with E-state index in [1.165, 1.54) is 5.57 Å². The average molecular weight is 380 g/mol. The Balaban J connectivity index is 2.01. The molecule has 1 saturated heterocycles. The Labute approximate surface area is 159 Å². The van der Waals surface area contributed by atoms with E-state index in [1.54, 1.807) is 17.8 Å². The molecule has 144 valence electrons. The summed E-state index contributed by atoms with van der Waals surface area (Å²) in [5.41, 5.74) is 1.21. The number of likely N-dealkylation sites (tertiary alicyclic amines) is 1. The topological polar surface area (TPSA) is 74.6 Å². The van der Waals surface area contributed by atoms with Crippen molar-refractivity contribution in [2.75, 3.05) is 25.9 Å². The SMILES string of the molecule is CCNC(=O)[C@@H]1C[C@@H](NC(=O)c2ccc(CSC)o2)CN1CC=C(C)C. The fourth-order valence-corrected chi connectivity index (χ4v) is 3.49. The van der Waals surface area contributed by atoms with E-state index in [-0.39, 0.29) is 23.9 Å². The molecular weight excluding hydrogens is 350 g/mol. The number of likely N-dealkylation sites (N-methyl/N-ethyl adjacent to an activating group) is 1. The average Bonchev–Trinajstić information content (AvgIpc) is 3.20. The fraction of sp³-hybridized carbons (Fsp3) is 0.579. The van der Waals surface area contributed by atoms with Gasteiger partial charge in [-0.3, -0.25) is 14.5 Å². The van der Waals surface area contributed by atoms with Gasteiger partial charge < -0.3 is 15.1 Å². The van der Waals surface area contributed by atoms with Crippen LogP contribution in [0.3, 0.4) is 0 Å². The molecule has 0 spiro atoms. The molecule has 0 radical (unpaired) electrons. The lowest BCUT2D eigenvalue weighted by Gasteiger charge is -2.21. The van der Waals surface area contributed by atoms with Gasteiger partial charge in [0.05, 0.1) is 11.8 Å². The number of amides is 2. The molecule has 26 heavy (non-hydrogen) atoms. The summed E-state index contributed by atoms with van der Waals surface area (Å²) in [6, 6.07) is 3.24. The van der Waals surface area contributed by atoms with E-state index in [9.17, 15) is 9.59 Å². The number of carbonyl (C=O) groups is 2. The molecule has 0 unspecified atom stereocenters. The fourth-order valence-electron chi connectivity index (χ4n) is 3.05. The van der Waals surface area contributed by atoms with Crippen molar-refractivity contribution in [2.45, 2.75) is 45.0 Å². The summed E-state index contributed by atoms with van der Waals surface area (Å²) in [7, 11) is 0. The molecule has 0 aromatic carbocycles. The van der Waals surface area contributed by atoms with Crippen LogP contribution >= 0.6 is 11.8 Å². The van der Waals surface area contributed by atoms with E-state index >= 15 is 0 Å². The molecule has 2 heterocycles. The van der Waals surface area contributed by atoms with Gasteiger partial charge >= 0.3 is 0 Å². The summed E-state index contributed by atoms with van der Waals surface area (Å²) in [4.78, 5) is 26.9. The summed E-state index contributed by atoms with van der Waals surface area (Å²) in [6.07, 6.45) is 4.70. The molecule has 7 heteroatoms. The molecular formula is C19H29N3O3S. The molecule has 0 bridgehead atoms. The van der Waals surface area contributed by atoms with Crippen LogP contribution in [0.25, 0.3) is 0 Å². The predicted molar refractivity (Wildman–Crippen MR) is 105 cm³/mol. The van der Waals surface area contributed by atoms with Gasteiger partial charge in [-0.2, -0.15) is 11.8 Å². The predicted octanol–water partition coefficient (Wildman–Crippen LogP) is 2.42. The van der Waals surface area contributed by atoms with Gasteiger partial charge in [0.2, 0.25) is 5.91 Å². The van der Waals surface area contributed by atoms with E-state index in [4.69, 9.17) is 4.42 Å². The first kappa shape index (κ1) is 20.6. The van der Waals surface area contributed by atoms with Crippen LogP contribution in [0.2, 0.25) is 0 Å². The van der Waals surface area contributed by atoms with Crippen LogP contribution < -0.4 is 10.6 Å². The van der Waals surface area contributed by atoms with Crippen LogP contribution in [-0.2, 0) is 10.5 Å². The summed E-state index contributed by atoms with van der Waals surface area (Å²) < 4.78 is 5.58. The highest BCUT2D eigenvalue weighted by atomic mass is 32.2. The lowest BCUT2D eigenvalue weighted by atomic mass is 10.1. The molecule has 1 fully saturated rings. The first-order valence-corrected chi connectivity index (χ1v) is 10.4. The van der Waals surface area contributed by atoms with Gasteiger partial charge in [-0.05, 0) is 45.6 Å². The quantitative estimate of drug-likeness (QED) is 0.679. The van der Waals surface area contributed by atoms with Crippen LogP contribution in [0.15, 0.2) is 28.2 Å². The largest absolute Gasteiger partial charge is 0.455 e. The van der Waals surface area contributed by atoms with Crippen molar-refractivity contribution >= 4 is 23.6 Å². The maximum Gasteiger partial charge on any atom is 0.287 e. The highest BCUT2D eigenvalue weighted by molar-refractivity contribution is 7.97. The number of hydrogen-bond donors (Lipinski definition) is 2. The molecule has 1 aromatic heterocycles. The third kappa shape index (κ3) is 5.64. The highest BCUT2D eigenvalue weighted by Crippen LogP contribution is 2.20. The Bertz CT molecular complexity index is 652. The summed E-state index contributed by atoms with van der Waals surface area (Å²) in [6.45, 7) is 7.95. The van der Waals surface area contributed by atoms with E-state index in [2.05, 4.69) is 21.6 Å². The van der Waals surface area contributed by atoms with Gasteiger partial charge in [-0.25, -0.2) is 0 Å². The maximum absolute atomic E-state index is 12.5. The number of allylic oxidation sites excluding steroid dienone is 1. The van der Waals surface area contributed by atoms with Gasteiger partial charge in [0.1, 0.15) is 5.76 Å². The van der Waals surface area contributed by atoms with Crippen molar-refractivity contribution in [1.82, 2.24) is 15.5 Å². The second-order valence-electron chi connectivity index (χ2n) is 6.75. The zero-order chi connectivity index (χ0) is 19.1. The Morgan fingerprint density at radius 2 is 2.15 bits per heavy atom. The van der Waals surface area contributed by atoms with Crippen molar-refractivity contribution in [2.24, 2.45) is 0 Å². The third-order valence-corrected chi connectivity index (χ3v) is 4.87. The first-order valence-electron chi connectivity index (χ1n) is 8.98. The molecule has 1 aliphatic heterocycles. The van der Waals surface area contributed by atoms with Gasteiger partial charge in [0.15, 0.2) is 5.76 Å². The lowest BCUT2D eigenvalue weighted by Crippen LogP contribution is -2.43. The van der Waals surface area contributed by atoms with Crippen molar-refractivity contribution in [3.8, 4) is 0 Å². The number of rotatable bonds is 8. The highest BCUT2D eigenvalue weighted by Gasteiger charge is 2.37. The maximum atomic E-state index is 12.5. The molecule has 2 rings (SSSR count). The third-order valence-electron chi connectivity index (χ3n) is 4.30. The van der Waals surface area contributed by atoms with Gasteiger partial charge in [0, 0.05) is 25.7 Å². The summed E-state index contributed by atoms with van der Waals surface area (Å²) >= 11 is 1.65. The number of thioether (sulfide) groups is 1. The van der Waals surface area contributed by atoms with E-state index < -0.39 is 0 Å². The summed E-state index contributed by atoms with van der Waals surface area (Å²) in [5.74, 6) is 1.66. The minimum absolute atomic E-state index is 0.0201. The van der Waals surface area contributed by atoms with Gasteiger partial charge in [0.25, 0.3) is 5.91 Å². The Morgan fingerprint density at radius 1 is 1.38 bits per heavy atom. The zero-order valence-electron chi connectivity index (χ0n) is 16.0. The second-order valence-corrected chi connectivity index (χ2v) is 7.62. The number of nitrogens with zero attached hydrogens (tertiary/aromatic N) is 1. The van der Waals surface area contributed by atoms with Crippen molar-refractivity contribution in [1.29, 1.82) is 0 Å². The molecule has 1 aromatic rings.